The minimum absolute atomic E-state index is 0.582. The smallest absolute Gasteiger partial charge is 0.415 e. The van der Waals surface area contributed by atoms with Gasteiger partial charge in [-0.05, 0) is 20.8 Å². The summed E-state index contributed by atoms with van der Waals surface area (Å²) >= 11 is 1.10. The van der Waals surface area contributed by atoms with Gasteiger partial charge in [0, 0.05) is 6.26 Å². The zero-order valence-electron chi connectivity index (χ0n) is 8.13. The van der Waals surface area contributed by atoms with Crippen LogP contribution < -0.4 is 10.0 Å². The van der Waals surface area contributed by atoms with Crippen molar-refractivity contribution in [3.63, 3.8) is 0 Å². The standard InChI is InChI=1S/C7H14N2O3S/c1-7(2,3)12-6(11)8-5(10)9-13-4/h1-4H3,(H2,8,9,10,11). The lowest BCUT2D eigenvalue weighted by Crippen LogP contribution is -2.39. The molecular weight excluding hydrogens is 192 g/mol. The summed E-state index contributed by atoms with van der Waals surface area (Å²) in [7, 11) is 0. The van der Waals surface area contributed by atoms with E-state index in [1.54, 1.807) is 27.0 Å². The summed E-state index contributed by atoms with van der Waals surface area (Å²) in [6, 6.07) is -0.582. The van der Waals surface area contributed by atoms with Crippen LogP contribution in [0.4, 0.5) is 9.59 Å². The maximum absolute atomic E-state index is 10.9. The second-order valence-electron chi connectivity index (χ2n) is 3.26. The first-order valence-electron chi connectivity index (χ1n) is 3.68. The molecule has 0 aromatic rings. The molecule has 6 heteroatoms. The number of amides is 3. The number of carbonyl (C=O) groups excluding carboxylic acids is 2. The van der Waals surface area contributed by atoms with E-state index >= 15 is 0 Å². The quantitative estimate of drug-likeness (QED) is 0.638. The number of nitrogens with one attached hydrogen (secondary N) is 2. The number of urea groups is 1. The Kier molecular flexibility index (Phi) is 4.61. The van der Waals surface area contributed by atoms with Crippen LogP contribution >= 0.6 is 11.9 Å². The van der Waals surface area contributed by atoms with Crippen LogP contribution in [0, 0.1) is 0 Å². The number of alkyl carbamates (subject to hydrolysis) is 1. The van der Waals surface area contributed by atoms with Gasteiger partial charge in [-0.1, -0.05) is 11.9 Å². The summed E-state index contributed by atoms with van der Waals surface area (Å²) in [5, 5.41) is 2.01. The van der Waals surface area contributed by atoms with E-state index in [0.29, 0.717) is 0 Å². The highest BCUT2D eigenvalue weighted by Gasteiger charge is 2.17. The molecule has 13 heavy (non-hydrogen) atoms. The number of rotatable bonds is 1. The fraction of sp³-hybridized carbons (Fsp3) is 0.714. The minimum Gasteiger partial charge on any atom is -0.443 e. The van der Waals surface area contributed by atoms with E-state index in [9.17, 15) is 9.59 Å². The predicted octanol–water partition coefficient (Wildman–Crippen LogP) is 1.50. The molecule has 0 saturated heterocycles. The van der Waals surface area contributed by atoms with Gasteiger partial charge < -0.3 is 4.74 Å². The molecule has 0 aromatic carbocycles. The molecule has 0 radical (unpaired) electrons. The topological polar surface area (TPSA) is 67.4 Å². The van der Waals surface area contributed by atoms with Crippen LogP contribution in [0.2, 0.25) is 0 Å². The molecule has 0 aliphatic heterocycles. The Hall–Kier alpha value is -0.910. The zero-order chi connectivity index (χ0) is 10.5. The molecule has 0 unspecified atom stereocenters. The van der Waals surface area contributed by atoms with E-state index in [1.807, 2.05) is 5.32 Å². The molecule has 0 aromatic heterocycles. The van der Waals surface area contributed by atoms with Crippen LogP contribution in [0.3, 0.4) is 0 Å². The summed E-state index contributed by atoms with van der Waals surface area (Å²) in [5.41, 5.74) is -0.594. The lowest BCUT2D eigenvalue weighted by Gasteiger charge is -2.19. The van der Waals surface area contributed by atoms with Crippen molar-refractivity contribution in [2.24, 2.45) is 0 Å². The highest BCUT2D eigenvalue weighted by atomic mass is 32.2. The average Bonchev–Trinajstić information content (AvgIpc) is 1.81. The van der Waals surface area contributed by atoms with E-state index in [-0.39, 0.29) is 0 Å². The first-order valence-corrected chi connectivity index (χ1v) is 4.90. The molecule has 0 heterocycles. The van der Waals surface area contributed by atoms with Crippen molar-refractivity contribution >= 4 is 24.1 Å². The SMILES string of the molecule is CSNC(=O)NC(=O)OC(C)(C)C. The third-order valence-electron chi connectivity index (χ3n) is 0.809. The van der Waals surface area contributed by atoms with Crippen LogP contribution in [-0.2, 0) is 4.74 Å². The van der Waals surface area contributed by atoms with Gasteiger partial charge in [0.05, 0.1) is 0 Å². The first kappa shape index (κ1) is 12.1. The molecule has 0 fully saturated rings. The van der Waals surface area contributed by atoms with Gasteiger partial charge >= 0.3 is 12.1 Å². The van der Waals surface area contributed by atoms with Gasteiger partial charge in [0.2, 0.25) is 0 Å². The van der Waals surface area contributed by atoms with Crippen LogP contribution in [-0.4, -0.2) is 24.0 Å². The second kappa shape index (κ2) is 4.96. The molecule has 3 amide bonds. The number of hydrogen-bond donors (Lipinski definition) is 2. The average molecular weight is 206 g/mol. The predicted molar refractivity (Wildman–Crippen MR) is 51.4 cm³/mol. The van der Waals surface area contributed by atoms with Crippen molar-refractivity contribution in [2.75, 3.05) is 6.26 Å². The molecule has 0 saturated carbocycles. The normalized spacial score (nSPS) is 10.5. The maximum Gasteiger partial charge on any atom is 0.415 e. The lowest BCUT2D eigenvalue weighted by molar-refractivity contribution is 0.0549. The van der Waals surface area contributed by atoms with E-state index in [2.05, 4.69) is 4.72 Å². The zero-order valence-corrected chi connectivity index (χ0v) is 8.95. The van der Waals surface area contributed by atoms with Crippen molar-refractivity contribution in [2.45, 2.75) is 26.4 Å². The Bertz CT molecular complexity index is 200. The number of imide groups is 1. The van der Waals surface area contributed by atoms with Gasteiger partial charge in [-0.3, -0.25) is 4.72 Å². The Morgan fingerprint density at radius 1 is 1.31 bits per heavy atom. The van der Waals surface area contributed by atoms with Crippen molar-refractivity contribution in [3.8, 4) is 0 Å². The number of carbonyl (C=O) groups is 2. The van der Waals surface area contributed by atoms with Gasteiger partial charge in [-0.2, -0.15) is 0 Å². The first-order chi connectivity index (χ1) is 5.85. The molecule has 0 spiro atoms. The van der Waals surface area contributed by atoms with Crippen molar-refractivity contribution < 1.29 is 14.3 Å². The molecule has 0 aliphatic carbocycles. The third-order valence-corrected chi connectivity index (χ3v) is 1.20. The fourth-order valence-electron chi connectivity index (χ4n) is 0.515. The Morgan fingerprint density at radius 3 is 2.23 bits per heavy atom. The molecule has 76 valence electrons. The van der Waals surface area contributed by atoms with Crippen LogP contribution in [0.15, 0.2) is 0 Å². The van der Waals surface area contributed by atoms with Crippen molar-refractivity contribution in [3.05, 3.63) is 0 Å². The van der Waals surface area contributed by atoms with Crippen molar-refractivity contribution in [1.29, 1.82) is 0 Å². The number of ether oxygens (including phenoxy) is 1. The molecule has 5 nitrogen and oxygen atoms in total. The number of hydrogen-bond acceptors (Lipinski definition) is 4. The monoisotopic (exact) mass is 206 g/mol. The Balaban J connectivity index is 3.82. The highest BCUT2D eigenvalue weighted by Crippen LogP contribution is 2.06. The summed E-state index contributed by atoms with van der Waals surface area (Å²) in [4.78, 5) is 21.7. The molecule has 0 rings (SSSR count). The van der Waals surface area contributed by atoms with Crippen LogP contribution in [0.1, 0.15) is 20.8 Å². The third kappa shape index (κ3) is 7.45. The summed E-state index contributed by atoms with van der Waals surface area (Å²) in [6.07, 6.45) is 0.924. The van der Waals surface area contributed by atoms with E-state index in [1.165, 1.54) is 0 Å². The van der Waals surface area contributed by atoms with Gasteiger partial charge in [-0.25, -0.2) is 14.9 Å². The summed E-state index contributed by atoms with van der Waals surface area (Å²) in [5.74, 6) is 0. The van der Waals surface area contributed by atoms with Gasteiger partial charge in [0.15, 0.2) is 0 Å². The second-order valence-corrected chi connectivity index (χ2v) is 3.87. The van der Waals surface area contributed by atoms with Gasteiger partial charge in [-0.15, -0.1) is 0 Å². The van der Waals surface area contributed by atoms with Gasteiger partial charge in [0.1, 0.15) is 5.60 Å². The molecule has 0 aliphatic rings. The van der Waals surface area contributed by atoms with Crippen LogP contribution in [0.25, 0.3) is 0 Å². The Labute approximate surface area is 81.7 Å². The van der Waals surface area contributed by atoms with Crippen molar-refractivity contribution in [1.82, 2.24) is 10.0 Å². The molecule has 2 N–H and O–H groups in total. The minimum atomic E-state index is -0.751. The van der Waals surface area contributed by atoms with Gasteiger partial charge in [0.25, 0.3) is 0 Å². The summed E-state index contributed by atoms with van der Waals surface area (Å²) < 4.78 is 7.16. The molecular formula is C7H14N2O3S. The van der Waals surface area contributed by atoms with E-state index < -0.39 is 17.7 Å². The lowest BCUT2D eigenvalue weighted by atomic mass is 10.2. The van der Waals surface area contributed by atoms with E-state index in [0.717, 1.165) is 11.9 Å². The highest BCUT2D eigenvalue weighted by molar-refractivity contribution is 7.97. The maximum atomic E-state index is 10.9. The molecule has 0 atom stereocenters. The van der Waals surface area contributed by atoms with E-state index in [4.69, 9.17) is 4.74 Å². The Morgan fingerprint density at radius 2 is 1.85 bits per heavy atom. The molecule has 0 bridgehead atoms. The summed E-state index contributed by atoms with van der Waals surface area (Å²) in [6.45, 7) is 5.16. The largest absolute Gasteiger partial charge is 0.443 e. The van der Waals surface area contributed by atoms with Crippen LogP contribution in [0.5, 0.6) is 0 Å². The fourth-order valence-corrected chi connectivity index (χ4v) is 0.751.